The zero-order chi connectivity index (χ0) is 22.2. The summed E-state index contributed by atoms with van der Waals surface area (Å²) in [5, 5.41) is 8.98. The first-order chi connectivity index (χ1) is 14.0. The Morgan fingerprint density at radius 1 is 1.33 bits per heavy atom. The Morgan fingerprint density at radius 3 is 2.60 bits per heavy atom. The van der Waals surface area contributed by atoms with E-state index in [0.29, 0.717) is 26.2 Å². The van der Waals surface area contributed by atoms with Crippen LogP contribution >= 0.6 is 34.7 Å². The Hall–Kier alpha value is -2.31. The van der Waals surface area contributed by atoms with E-state index in [1.165, 1.54) is 23.2 Å². The minimum absolute atomic E-state index is 0.0993. The quantitative estimate of drug-likeness (QED) is 0.423. The van der Waals surface area contributed by atoms with Crippen LogP contribution in [0.15, 0.2) is 22.7 Å². The van der Waals surface area contributed by atoms with E-state index in [1.807, 2.05) is 19.9 Å². The predicted molar refractivity (Wildman–Crippen MR) is 111 cm³/mol. The van der Waals surface area contributed by atoms with Gasteiger partial charge in [-0.2, -0.15) is 13.2 Å². The van der Waals surface area contributed by atoms with Gasteiger partial charge in [-0.05, 0) is 31.0 Å². The average molecular weight is 477 g/mol. The fraction of sp³-hybridized carbons (Fsp3) is 0.294. The molecule has 0 aliphatic rings. The molecule has 2 heterocycles. The number of anilines is 2. The Labute approximate surface area is 183 Å². The van der Waals surface area contributed by atoms with E-state index in [0.717, 1.165) is 22.9 Å². The highest BCUT2D eigenvalue weighted by molar-refractivity contribution is 7.98. The monoisotopic (exact) mass is 476 g/mol. The van der Waals surface area contributed by atoms with Gasteiger partial charge in [-0.15, -0.1) is 21.5 Å². The first kappa shape index (κ1) is 22.4. The number of carbonyl (C=O) groups excluding carboxylic acids is 1. The van der Waals surface area contributed by atoms with Crippen LogP contribution in [0.25, 0.3) is 0 Å². The molecule has 13 heteroatoms. The molecular formula is C17H16ClF3N6OS2. The van der Waals surface area contributed by atoms with Crippen LogP contribution in [0, 0.1) is 13.8 Å². The molecule has 0 radical (unpaired) electrons. The van der Waals surface area contributed by atoms with Gasteiger partial charge in [-0.1, -0.05) is 29.4 Å². The summed E-state index contributed by atoms with van der Waals surface area (Å²) in [6, 6.07) is 3.67. The molecule has 0 saturated carbocycles. The summed E-state index contributed by atoms with van der Waals surface area (Å²) in [7, 11) is 0. The highest BCUT2D eigenvalue weighted by Crippen LogP contribution is 2.38. The second-order valence-corrected chi connectivity index (χ2v) is 8.54. The molecule has 3 rings (SSSR count). The van der Waals surface area contributed by atoms with Crippen molar-refractivity contribution >= 4 is 51.4 Å². The van der Waals surface area contributed by atoms with Crippen molar-refractivity contribution in [2.24, 2.45) is 0 Å². The highest BCUT2D eigenvalue weighted by atomic mass is 35.5. The number of thioether (sulfide) groups is 1. The summed E-state index contributed by atoms with van der Waals surface area (Å²) in [6.07, 6.45) is -4.69. The van der Waals surface area contributed by atoms with E-state index < -0.39 is 12.0 Å². The van der Waals surface area contributed by atoms with Gasteiger partial charge in [0.2, 0.25) is 11.1 Å². The molecule has 0 atom stereocenters. The number of nitrogens with zero attached hydrogens (tertiary/aromatic N) is 5. The molecule has 0 aliphatic heterocycles. The van der Waals surface area contributed by atoms with Gasteiger partial charge >= 0.3 is 6.18 Å². The molecule has 0 spiro atoms. The smallest absolute Gasteiger partial charge is 0.335 e. The molecule has 0 unspecified atom stereocenters. The minimum atomic E-state index is -4.69. The summed E-state index contributed by atoms with van der Waals surface area (Å²) in [6.45, 7) is 5.15. The Kier molecular flexibility index (Phi) is 6.29. The standard InChI is InChI=1S/C17H16ClF3N6OS2/c1-8-4-9(2)13(12(18)5-8)26(10(3)28)15-23-11(6-29-15)7-30-16-25-24-14(27(16)22)17(19,20)21/h4-6H,7,22H2,1-3H3. The molecule has 160 valence electrons. The summed E-state index contributed by atoms with van der Waals surface area (Å²) in [4.78, 5) is 18.2. The number of thiazole rings is 1. The van der Waals surface area contributed by atoms with Gasteiger partial charge in [0.1, 0.15) is 0 Å². The number of aromatic nitrogens is 4. The molecule has 1 amide bonds. The van der Waals surface area contributed by atoms with E-state index in [-0.39, 0.29) is 16.8 Å². The van der Waals surface area contributed by atoms with E-state index >= 15 is 0 Å². The third-order valence-corrected chi connectivity index (χ3v) is 6.07. The minimum Gasteiger partial charge on any atom is -0.335 e. The molecular weight excluding hydrogens is 461 g/mol. The number of alkyl halides is 3. The number of hydrogen-bond donors (Lipinski definition) is 1. The van der Waals surface area contributed by atoms with Crippen molar-refractivity contribution in [2.75, 3.05) is 10.7 Å². The summed E-state index contributed by atoms with van der Waals surface area (Å²) in [5.74, 6) is 4.07. The first-order valence-corrected chi connectivity index (χ1v) is 10.7. The third-order valence-electron chi connectivity index (χ3n) is 3.93. The molecule has 2 N–H and O–H groups in total. The number of nitrogens with two attached hydrogens (primary N) is 1. The normalized spacial score (nSPS) is 11.7. The van der Waals surface area contributed by atoms with E-state index in [4.69, 9.17) is 17.4 Å². The lowest BCUT2D eigenvalue weighted by molar-refractivity contribution is -0.146. The van der Waals surface area contributed by atoms with Crippen LogP contribution in [0.5, 0.6) is 0 Å². The van der Waals surface area contributed by atoms with Gasteiger partial charge in [-0.25, -0.2) is 9.66 Å². The molecule has 0 aliphatic carbocycles. The number of hydrogen-bond acceptors (Lipinski definition) is 7. The lowest BCUT2D eigenvalue weighted by Gasteiger charge is -2.22. The van der Waals surface area contributed by atoms with Crippen LogP contribution in [0.4, 0.5) is 24.0 Å². The van der Waals surface area contributed by atoms with Gasteiger partial charge in [0.05, 0.1) is 16.4 Å². The summed E-state index contributed by atoms with van der Waals surface area (Å²) in [5.41, 5.74) is 2.87. The number of aryl methyl sites for hydroxylation is 2. The SMILES string of the molecule is CC(=O)N(c1nc(CSc2nnc(C(F)(F)F)n2N)cs1)c1c(C)cc(C)cc1Cl. The number of rotatable bonds is 5. The average Bonchev–Trinajstić information content (AvgIpc) is 3.21. The summed E-state index contributed by atoms with van der Waals surface area (Å²) >= 11 is 8.56. The van der Waals surface area contributed by atoms with Gasteiger partial charge in [0, 0.05) is 18.1 Å². The molecule has 0 bridgehead atoms. The van der Waals surface area contributed by atoms with Crippen molar-refractivity contribution in [1.29, 1.82) is 0 Å². The number of carbonyl (C=O) groups is 1. The summed E-state index contributed by atoms with van der Waals surface area (Å²) < 4.78 is 38.7. The van der Waals surface area contributed by atoms with Crippen molar-refractivity contribution in [1.82, 2.24) is 19.9 Å². The van der Waals surface area contributed by atoms with E-state index in [2.05, 4.69) is 15.2 Å². The maximum atomic E-state index is 12.8. The number of amides is 1. The van der Waals surface area contributed by atoms with Gasteiger partial charge < -0.3 is 5.84 Å². The molecule has 0 saturated heterocycles. The molecule has 3 aromatic rings. The molecule has 1 aromatic carbocycles. The lowest BCUT2D eigenvalue weighted by Crippen LogP contribution is -2.24. The lowest BCUT2D eigenvalue weighted by atomic mass is 10.1. The number of nitrogen functional groups attached to an aromatic ring is 1. The fourth-order valence-corrected chi connectivity index (χ4v) is 4.88. The van der Waals surface area contributed by atoms with Crippen LogP contribution < -0.4 is 10.7 Å². The topological polar surface area (TPSA) is 89.9 Å². The Balaban J connectivity index is 1.83. The van der Waals surface area contributed by atoms with Crippen LogP contribution in [0.1, 0.15) is 29.6 Å². The van der Waals surface area contributed by atoms with Crippen LogP contribution in [-0.2, 0) is 16.7 Å². The zero-order valence-corrected chi connectivity index (χ0v) is 18.4. The largest absolute Gasteiger partial charge is 0.453 e. The van der Waals surface area contributed by atoms with Crippen molar-refractivity contribution in [2.45, 2.75) is 37.9 Å². The van der Waals surface area contributed by atoms with E-state index in [1.54, 1.807) is 11.4 Å². The molecule has 0 fully saturated rings. The van der Waals surface area contributed by atoms with Gasteiger partial charge in [0.25, 0.3) is 5.82 Å². The maximum absolute atomic E-state index is 12.8. The predicted octanol–water partition coefficient (Wildman–Crippen LogP) is 4.71. The first-order valence-electron chi connectivity index (χ1n) is 8.41. The van der Waals surface area contributed by atoms with Crippen molar-refractivity contribution in [3.8, 4) is 0 Å². The number of halogens is 4. The van der Waals surface area contributed by atoms with Crippen LogP contribution in [0.2, 0.25) is 5.02 Å². The Bertz CT molecular complexity index is 1070. The second-order valence-electron chi connectivity index (χ2n) is 6.35. The van der Waals surface area contributed by atoms with Crippen molar-refractivity contribution < 1.29 is 18.0 Å². The second kappa shape index (κ2) is 8.44. The van der Waals surface area contributed by atoms with Crippen molar-refractivity contribution in [3.05, 3.63) is 45.2 Å². The maximum Gasteiger partial charge on any atom is 0.453 e. The molecule has 7 nitrogen and oxygen atoms in total. The molecule has 2 aromatic heterocycles. The van der Waals surface area contributed by atoms with Crippen LogP contribution in [-0.4, -0.2) is 25.8 Å². The number of benzene rings is 1. The van der Waals surface area contributed by atoms with E-state index in [9.17, 15) is 18.0 Å². The highest BCUT2D eigenvalue weighted by Gasteiger charge is 2.38. The zero-order valence-electron chi connectivity index (χ0n) is 16.0. The fourth-order valence-electron chi connectivity index (χ4n) is 2.75. The Morgan fingerprint density at radius 2 is 2.03 bits per heavy atom. The third kappa shape index (κ3) is 4.55. The van der Waals surface area contributed by atoms with Gasteiger partial charge in [-0.3, -0.25) is 9.69 Å². The van der Waals surface area contributed by atoms with Crippen LogP contribution in [0.3, 0.4) is 0 Å². The molecule has 30 heavy (non-hydrogen) atoms. The van der Waals surface area contributed by atoms with Crippen molar-refractivity contribution in [3.63, 3.8) is 0 Å². The van der Waals surface area contributed by atoms with Gasteiger partial charge in [0.15, 0.2) is 5.13 Å².